The first-order valence-corrected chi connectivity index (χ1v) is 12.9. The van der Waals surface area contributed by atoms with E-state index in [4.69, 9.17) is 4.98 Å². The van der Waals surface area contributed by atoms with Gasteiger partial charge in [0.2, 0.25) is 0 Å². The molecule has 0 fully saturated rings. The molecule has 0 saturated carbocycles. The van der Waals surface area contributed by atoms with Crippen LogP contribution in [0, 0.1) is 0 Å². The minimum atomic E-state index is 0.974. The molecule has 0 amide bonds. The third-order valence-electron chi connectivity index (χ3n) is 7.56. The van der Waals surface area contributed by atoms with E-state index in [1.54, 1.807) is 0 Å². The van der Waals surface area contributed by atoms with Crippen molar-refractivity contribution in [1.82, 2.24) is 14.1 Å². The Balaban J connectivity index is 1.46. The summed E-state index contributed by atoms with van der Waals surface area (Å²) in [5.74, 6) is 0. The monoisotopic (exact) mass is 485 g/mol. The molecule has 3 heterocycles. The summed E-state index contributed by atoms with van der Waals surface area (Å²) in [7, 11) is 0. The second-order valence-electron chi connectivity index (χ2n) is 9.67. The van der Waals surface area contributed by atoms with Crippen molar-refractivity contribution in [3.8, 4) is 22.5 Å². The maximum absolute atomic E-state index is 4.79. The van der Waals surface area contributed by atoms with E-state index in [2.05, 4.69) is 137 Å². The number of fused-ring (bicyclic) bond motifs is 6. The van der Waals surface area contributed by atoms with Gasteiger partial charge < -0.3 is 4.57 Å². The SMILES string of the molecule is c1ccc(-n2c3ccc(-c4cccc5c6ccccc6n(-c6ccccc6)c45)cc3c3cccnc32)cc1. The topological polar surface area (TPSA) is 22.8 Å². The Labute approximate surface area is 219 Å². The van der Waals surface area contributed by atoms with E-state index >= 15 is 0 Å². The first-order chi connectivity index (χ1) is 18.9. The molecule has 8 rings (SSSR count). The van der Waals surface area contributed by atoms with E-state index in [1.165, 1.54) is 38.3 Å². The molecule has 3 nitrogen and oxygen atoms in total. The van der Waals surface area contributed by atoms with Crippen molar-refractivity contribution in [2.45, 2.75) is 0 Å². The van der Waals surface area contributed by atoms with Crippen LogP contribution in [0.3, 0.4) is 0 Å². The lowest BCUT2D eigenvalue weighted by Crippen LogP contribution is -1.95. The standard InChI is InChI=1S/C35H23N3/c1-3-11-25(12-4-1)37-32-19-8-7-15-28(32)29-17-9-16-27(34(29)37)24-20-21-33-31(23-24)30-18-10-22-36-35(30)38(33)26-13-5-2-6-14-26/h1-23H. The van der Waals surface area contributed by atoms with Gasteiger partial charge in [0.25, 0.3) is 0 Å². The predicted octanol–water partition coefficient (Wildman–Crippen LogP) is 8.94. The van der Waals surface area contributed by atoms with Gasteiger partial charge in [-0.15, -0.1) is 0 Å². The lowest BCUT2D eigenvalue weighted by atomic mass is 10.00. The molecule has 0 unspecified atom stereocenters. The van der Waals surface area contributed by atoms with E-state index in [-0.39, 0.29) is 0 Å². The van der Waals surface area contributed by atoms with E-state index in [0.717, 1.165) is 27.9 Å². The molecule has 0 N–H and O–H groups in total. The Bertz CT molecular complexity index is 2120. The van der Waals surface area contributed by atoms with Gasteiger partial charge in [-0.3, -0.25) is 4.57 Å². The summed E-state index contributed by atoms with van der Waals surface area (Å²) in [6, 6.07) is 47.5. The van der Waals surface area contributed by atoms with Crippen LogP contribution in [-0.2, 0) is 0 Å². The summed E-state index contributed by atoms with van der Waals surface area (Å²) in [5.41, 5.74) is 9.26. The second kappa shape index (κ2) is 8.19. The molecular formula is C35H23N3. The van der Waals surface area contributed by atoms with Gasteiger partial charge in [-0.05, 0) is 60.2 Å². The highest BCUT2D eigenvalue weighted by Crippen LogP contribution is 2.40. The largest absolute Gasteiger partial charge is 0.309 e. The van der Waals surface area contributed by atoms with Crippen LogP contribution in [0.4, 0.5) is 0 Å². The van der Waals surface area contributed by atoms with Crippen LogP contribution in [0.25, 0.3) is 66.2 Å². The number of pyridine rings is 1. The average Bonchev–Trinajstić information content (AvgIpc) is 3.51. The molecule has 0 aliphatic heterocycles. The first-order valence-electron chi connectivity index (χ1n) is 12.9. The summed E-state index contributed by atoms with van der Waals surface area (Å²) >= 11 is 0. The van der Waals surface area contributed by atoms with Crippen LogP contribution >= 0.6 is 0 Å². The summed E-state index contributed by atoms with van der Waals surface area (Å²) in [4.78, 5) is 4.79. The zero-order chi connectivity index (χ0) is 25.1. The Morgan fingerprint density at radius 1 is 0.447 bits per heavy atom. The van der Waals surface area contributed by atoms with Gasteiger partial charge in [0.05, 0.1) is 16.6 Å². The number of aromatic nitrogens is 3. The van der Waals surface area contributed by atoms with E-state index in [9.17, 15) is 0 Å². The lowest BCUT2D eigenvalue weighted by molar-refractivity contribution is 1.14. The summed E-state index contributed by atoms with van der Waals surface area (Å²) in [6.45, 7) is 0. The molecule has 8 aromatic rings. The third-order valence-corrected chi connectivity index (χ3v) is 7.56. The van der Waals surface area contributed by atoms with E-state index < -0.39 is 0 Å². The zero-order valence-electron chi connectivity index (χ0n) is 20.6. The second-order valence-corrected chi connectivity index (χ2v) is 9.67. The van der Waals surface area contributed by atoms with Gasteiger partial charge in [-0.1, -0.05) is 78.9 Å². The molecule has 3 aromatic heterocycles. The van der Waals surface area contributed by atoms with E-state index in [0.29, 0.717) is 0 Å². The van der Waals surface area contributed by atoms with Crippen molar-refractivity contribution in [3.05, 3.63) is 140 Å². The van der Waals surface area contributed by atoms with Gasteiger partial charge in [-0.25, -0.2) is 4.98 Å². The van der Waals surface area contributed by atoms with Crippen molar-refractivity contribution in [2.75, 3.05) is 0 Å². The molecule has 0 aliphatic carbocycles. The van der Waals surface area contributed by atoms with Crippen LogP contribution in [0.15, 0.2) is 140 Å². The minimum Gasteiger partial charge on any atom is -0.309 e. The van der Waals surface area contributed by atoms with Gasteiger partial charge in [0, 0.05) is 44.7 Å². The fourth-order valence-corrected chi connectivity index (χ4v) is 5.95. The molecule has 0 aliphatic rings. The Hall–Kier alpha value is -5.15. The van der Waals surface area contributed by atoms with Gasteiger partial charge in [0.15, 0.2) is 0 Å². The predicted molar refractivity (Wildman–Crippen MR) is 158 cm³/mol. The van der Waals surface area contributed by atoms with Gasteiger partial charge >= 0.3 is 0 Å². The first kappa shape index (κ1) is 21.0. The molecule has 0 saturated heterocycles. The van der Waals surface area contributed by atoms with Crippen LogP contribution in [0.1, 0.15) is 0 Å². The molecule has 3 heteroatoms. The number of benzene rings is 5. The molecule has 0 atom stereocenters. The fraction of sp³-hybridized carbons (Fsp3) is 0. The van der Waals surface area contributed by atoms with Crippen LogP contribution < -0.4 is 0 Å². The van der Waals surface area contributed by atoms with Crippen LogP contribution in [0.2, 0.25) is 0 Å². The van der Waals surface area contributed by atoms with Crippen molar-refractivity contribution >= 4 is 43.7 Å². The summed E-state index contributed by atoms with van der Waals surface area (Å²) in [6.07, 6.45) is 1.88. The smallest absolute Gasteiger partial charge is 0.145 e. The molecule has 38 heavy (non-hydrogen) atoms. The molecular weight excluding hydrogens is 462 g/mol. The fourth-order valence-electron chi connectivity index (χ4n) is 5.95. The maximum Gasteiger partial charge on any atom is 0.145 e. The number of para-hydroxylation sites is 4. The van der Waals surface area contributed by atoms with Gasteiger partial charge in [0.1, 0.15) is 5.65 Å². The van der Waals surface area contributed by atoms with Crippen molar-refractivity contribution in [2.24, 2.45) is 0 Å². The molecule has 0 radical (unpaired) electrons. The molecule has 178 valence electrons. The number of hydrogen-bond donors (Lipinski definition) is 0. The zero-order valence-corrected chi connectivity index (χ0v) is 20.6. The number of hydrogen-bond acceptors (Lipinski definition) is 1. The molecule has 5 aromatic carbocycles. The highest BCUT2D eigenvalue weighted by molar-refractivity contribution is 6.15. The van der Waals surface area contributed by atoms with Crippen LogP contribution in [-0.4, -0.2) is 14.1 Å². The Morgan fingerprint density at radius 2 is 1.11 bits per heavy atom. The Morgan fingerprint density at radius 3 is 1.92 bits per heavy atom. The molecule has 0 spiro atoms. The highest BCUT2D eigenvalue weighted by Gasteiger charge is 2.18. The summed E-state index contributed by atoms with van der Waals surface area (Å²) in [5, 5.41) is 4.88. The molecule has 0 bridgehead atoms. The van der Waals surface area contributed by atoms with E-state index in [1.807, 2.05) is 12.3 Å². The maximum atomic E-state index is 4.79. The lowest BCUT2D eigenvalue weighted by Gasteiger charge is -2.12. The normalized spacial score (nSPS) is 11.7. The van der Waals surface area contributed by atoms with Crippen molar-refractivity contribution < 1.29 is 0 Å². The average molecular weight is 486 g/mol. The van der Waals surface area contributed by atoms with Crippen LogP contribution in [0.5, 0.6) is 0 Å². The third kappa shape index (κ3) is 2.99. The number of nitrogens with zero attached hydrogens (tertiary/aromatic N) is 3. The van der Waals surface area contributed by atoms with Gasteiger partial charge in [-0.2, -0.15) is 0 Å². The number of rotatable bonds is 3. The van der Waals surface area contributed by atoms with Crippen molar-refractivity contribution in [1.29, 1.82) is 0 Å². The highest BCUT2D eigenvalue weighted by atomic mass is 15.0. The quantitative estimate of drug-likeness (QED) is 0.245. The van der Waals surface area contributed by atoms with Crippen molar-refractivity contribution in [3.63, 3.8) is 0 Å². The Kier molecular flexibility index (Phi) is 4.52. The minimum absolute atomic E-state index is 0.974. The summed E-state index contributed by atoms with van der Waals surface area (Å²) < 4.78 is 4.66.